The Balaban J connectivity index is 1.90. The molecule has 6 heteroatoms. The second-order valence-electron chi connectivity index (χ2n) is 4.12. The Morgan fingerprint density at radius 2 is 2.00 bits per heavy atom. The van der Waals surface area contributed by atoms with Crippen molar-refractivity contribution in [2.24, 2.45) is 0 Å². The van der Waals surface area contributed by atoms with E-state index >= 15 is 0 Å². The zero-order valence-corrected chi connectivity index (χ0v) is 11.4. The molecule has 0 atom stereocenters. The van der Waals surface area contributed by atoms with Gasteiger partial charge in [-0.1, -0.05) is 16.8 Å². The quantitative estimate of drug-likeness (QED) is 0.906. The third-order valence-corrected chi connectivity index (χ3v) is 2.96. The zero-order valence-electron chi connectivity index (χ0n) is 10.7. The first-order valence-electron chi connectivity index (χ1n) is 5.78. The number of hydrogen-bond acceptors (Lipinski definition) is 3. The van der Waals surface area contributed by atoms with Gasteiger partial charge in [0.25, 0.3) is 0 Å². The molecule has 2 aromatic rings. The molecule has 0 bridgehead atoms. The van der Waals surface area contributed by atoms with Gasteiger partial charge in [-0.05, 0) is 38.1 Å². The number of nitrogens with zero attached hydrogens (tertiary/aromatic N) is 1. The van der Waals surface area contributed by atoms with Crippen molar-refractivity contribution in [1.82, 2.24) is 10.5 Å². The van der Waals surface area contributed by atoms with Crippen LogP contribution in [0.4, 0.5) is 10.5 Å². The molecular formula is C13H14ClN3O2. The SMILES string of the molecule is Cc1noc(C)c1CNC(=O)Nc1ccc(Cl)cc1. The number of rotatable bonds is 3. The molecule has 0 unspecified atom stereocenters. The maximum Gasteiger partial charge on any atom is 0.319 e. The van der Waals surface area contributed by atoms with Crippen LogP contribution in [0.3, 0.4) is 0 Å². The first-order chi connectivity index (χ1) is 9.06. The number of anilines is 1. The van der Waals surface area contributed by atoms with Gasteiger partial charge in [0, 0.05) is 22.8 Å². The summed E-state index contributed by atoms with van der Waals surface area (Å²) < 4.78 is 5.02. The van der Waals surface area contributed by atoms with Gasteiger partial charge in [0.15, 0.2) is 0 Å². The van der Waals surface area contributed by atoms with Crippen LogP contribution in [0, 0.1) is 13.8 Å². The summed E-state index contributed by atoms with van der Waals surface area (Å²) in [5.74, 6) is 0.712. The Bertz CT molecular complexity index is 559. The predicted octanol–water partition coefficient (Wildman–Crippen LogP) is 3.27. The van der Waals surface area contributed by atoms with Gasteiger partial charge in [-0.3, -0.25) is 0 Å². The van der Waals surface area contributed by atoms with E-state index in [9.17, 15) is 4.79 Å². The summed E-state index contributed by atoms with van der Waals surface area (Å²) >= 11 is 5.77. The lowest BCUT2D eigenvalue weighted by molar-refractivity contribution is 0.251. The number of halogens is 1. The van der Waals surface area contributed by atoms with E-state index in [2.05, 4.69) is 15.8 Å². The van der Waals surface area contributed by atoms with Gasteiger partial charge >= 0.3 is 6.03 Å². The van der Waals surface area contributed by atoms with E-state index in [1.54, 1.807) is 24.3 Å². The summed E-state index contributed by atoms with van der Waals surface area (Å²) in [6, 6.07) is 6.61. The number of carbonyl (C=O) groups excluding carboxylic acids is 1. The fraction of sp³-hybridized carbons (Fsp3) is 0.231. The molecule has 0 fully saturated rings. The van der Waals surface area contributed by atoms with Crippen molar-refractivity contribution in [3.8, 4) is 0 Å². The van der Waals surface area contributed by atoms with Gasteiger partial charge in [-0.25, -0.2) is 4.79 Å². The highest BCUT2D eigenvalue weighted by Gasteiger charge is 2.10. The monoisotopic (exact) mass is 279 g/mol. The van der Waals surface area contributed by atoms with E-state index in [1.165, 1.54) is 0 Å². The molecule has 1 aromatic heterocycles. The first-order valence-corrected chi connectivity index (χ1v) is 6.16. The summed E-state index contributed by atoms with van der Waals surface area (Å²) in [5.41, 5.74) is 2.36. The number of carbonyl (C=O) groups is 1. The fourth-order valence-corrected chi connectivity index (χ4v) is 1.76. The molecule has 0 saturated heterocycles. The molecule has 0 radical (unpaired) electrons. The van der Waals surface area contributed by atoms with Gasteiger partial charge in [-0.15, -0.1) is 0 Å². The minimum Gasteiger partial charge on any atom is -0.361 e. The van der Waals surface area contributed by atoms with Crippen LogP contribution >= 0.6 is 11.6 Å². The normalized spacial score (nSPS) is 10.3. The molecule has 5 nitrogen and oxygen atoms in total. The Labute approximate surface area is 115 Å². The minimum atomic E-state index is -0.290. The Kier molecular flexibility index (Phi) is 4.06. The Hall–Kier alpha value is -2.01. The van der Waals surface area contributed by atoms with Gasteiger partial charge in [-0.2, -0.15) is 0 Å². The number of hydrogen-bond donors (Lipinski definition) is 2. The van der Waals surface area contributed by atoms with Crippen molar-refractivity contribution in [2.75, 3.05) is 5.32 Å². The number of aryl methyl sites for hydroxylation is 2. The maximum atomic E-state index is 11.7. The minimum absolute atomic E-state index is 0.290. The summed E-state index contributed by atoms with van der Waals surface area (Å²) in [5, 5.41) is 9.91. The van der Waals surface area contributed by atoms with Crippen LogP contribution in [0.1, 0.15) is 17.0 Å². The Morgan fingerprint density at radius 3 is 2.58 bits per heavy atom. The summed E-state index contributed by atoms with van der Waals surface area (Å²) in [6.07, 6.45) is 0. The number of aromatic nitrogens is 1. The second kappa shape index (κ2) is 5.75. The topological polar surface area (TPSA) is 67.2 Å². The number of nitrogens with one attached hydrogen (secondary N) is 2. The number of urea groups is 1. The van der Waals surface area contributed by atoms with Crippen molar-refractivity contribution in [3.63, 3.8) is 0 Å². The second-order valence-corrected chi connectivity index (χ2v) is 4.55. The molecule has 1 aromatic carbocycles. The van der Waals surface area contributed by atoms with Gasteiger partial charge in [0.05, 0.1) is 5.69 Å². The maximum absolute atomic E-state index is 11.7. The molecule has 100 valence electrons. The smallest absolute Gasteiger partial charge is 0.319 e. The van der Waals surface area contributed by atoms with Crippen LogP contribution in [-0.4, -0.2) is 11.2 Å². The van der Waals surface area contributed by atoms with Crippen molar-refractivity contribution in [1.29, 1.82) is 0 Å². The molecule has 0 spiro atoms. The first kappa shape index (κ1) is 13.4. The van der Waals surface area contributed by atoms with Gasteiger partial charge in [0.2, 0.25) is 0 Å². The highest BCUT2D eigenvalue weighted by atomic mass is 35.5. The molecular weight excluding hydrogens is 266 g/mol. The lowest BCUT2D eigenvalue weighted by atomic mass is 10.2. The van der Waals surface area contributed by atoms with E-state index in [0.717, 1.165) is 11.3 Å². The van der Waals surface area contributed by atoms with Gasteiger partial charge < -0.3 is 15.2 Å². The number of amides is 2. The van der Waals surface area contributed by atoms with Crippen LogP contribution in [0.5, 0.6) is 0 Å². The average molecular weight is 280 g/mol. The highest BCUT2D eigenvalue weighted by molar-refractivity contribution is 6.30. The van der Waals surface area contributed by atoms with Crippen molar-refractivity contribution in [3.05, 3.63) is 46.3 Å². The largest absolute Gasteiger partial charge is 0.361 e. The fourth-order valence-electron chi connectivity index (χ4n) is 1.63. The molecule has 1 heterocycles. The zero-order chi connectivity index (χ0) is 13.8. The number of benzene rings is 1. The molecule has 19 heavy (non-hydrogen) atoms. The predicted molar refractivity (Wildman–Crippen MR) is 73.3 cm³/mol. The molecule has 2 rings (SSSR count). The van der Waals surface area contributed by atoms with Crippen LogP contribution in [0.2, 0.25) is 5.02 Å². The van der Waals surface area contributed by atoms with Crippen LogP contribution in [0.15, 0.2) is 28.8 Å². The molecule has 0 aliphatic rings. The van der Waals surface area contributed by atoms with E-state index in [0.29, 0.717) is 23.0 Å². The van der Waals surface area contributed by atoms with Crippen molar-refractivity contribution in [2.45, 2.75) is 20.4 Å². The lowest BCUT2D eigenvalue weighted by Gasteiger charge is -2.07. The molecule has 0 saturated carbocycles. The third kappa shape index (κ3) is 3.48. The van der Waals surface area contributed by atoms with Crippen LogP contribution < -0.4 is 10.6 Å². The van der Waals surface area contributed by atoms with Crippen molar-refractivity contribution < 1.29 is 9.32 Å². The summed E-state index contributed by atoms with van der Waals surface area (Å²) in [6.45, 7) is 4.03. The van der Waals surface area contributed by atoms with Crippen LogP contribution in [0.25, 0.3) is 0 Å². The van der Waals surface area contributed by atoms with E-state index < -0.39 is 0 Å². The molecule has 2 N–H and O–H groups in total. The summed E-state index contributed by atoms with van der Waals surface area (Å²) in [7, 11) is 0. The van der Waals surface area contributed by atoms with Crippen LogP contribution in [-0.2, 0) is 6.54 Å². The standard InChI is InChI=1S/C13H14ClN3O2/c1-8-12(9(2)19-17-8)7-15-13(18)16-11-5-3-10(14)4-6-11/h3-6H,7H2,1-2H3,(H2,15,16,18). The van der Waals surface area contributed by atoms with Crippen molar-refractivity contribution >= 4 is 23.3 Å². The van der Waals surface area contributed by atoms with E-state index in [-0.39, 0.29) is 6.03 Å². The molecule has 0 aliphatic carbocycles. The third-order valence-electron chi connectivity index (χ3n) is 2.71. The van der Waals surface area contributed by atoms with Gasteiger partial charge in [0.1, 0.15) is 5.76 Å². The average Bonchev–Trinajstić information content (AvgIpc) is 2.70. The highest BCUT2D eigenvalue weighted by Crippen LogP contribution is 2.14. The molecule has 0 aliphatic heterocycles. The lowest BCUT2D eigenvalue weighted by Crippen LogP contribution is -2.28. The van der Waals surface area contributed by atoms with E-state index in [4.69, 9.17) is 16.1 Å². The van der Waals surface area contributed by atoms with E-state index in [1.807, 2.05) is 13.8 Å². The molecule has 2 amide bonds. The summed E-state index contributed by atoms with van der Waals surface area (Å²) in [4.78, 5) is 11.7. The Morgan fingerprint density at radius 1 is 1.32 bits per heavy atom.